The zero-order valence-corrected chi connectivity index (χ0v) is 13.5. The maximum absolute atomic E-state index is 11.4. The van der Waals surface area contributed by atoms with Gasteiger partial charge in [0.25, 0.3) is 0 Å². The first-order chi connectivity index (χ1) is 9.99. The molecule has 0 aliphatic rings. The minimum atomic E-state index is -3.16. The molecule has 0 unspecified atom stereocenters. The van der Waals surface area contributed by atoms with Crippen molar-refractivity contribution in [3.63, 3.8) is 0 Å². The van der Waals surface area contributed by atoms with Crippen molar-refractivity contribution in [1.29, 1.82) is 0 Å². The smallest absolute Gasteiger partial charge is 0.175 e. The lowest BCUT2D eigenvalue weighted by molar-refractivity contribution is 0.602. The molecule has 0 radical (unpaired) electrons. The average Bonchev–Trinajstić information content (AvgIpc) is 2.45. The molecule has 0 bridgehead atoms. The predicted molar refractivity (Wildman–Crippen MR) is 84.5 cm³/mol. The third-order valence-electron chi connectivity index (χ3n) is 2.64. The van der Waals surface area contributed by atoms with Gasteiger partial charge in [0.2, 0.25) is 0 Å². The first-order valence-electron chi connectivity index (χ1n) is 6.53. The largest absolute Gasteiger partial charge is 0.369 e. The molecule has 0 fully saturated rings. The fourth-order valence-electron chi connectivity index (χ4n) is 1.61. The minimum absolute atomic E-state index is 0.316. The summed E-state index contributed by atoms with van der Waals surface area (Å²) in [5.41, 5.74) is 0. The van der Waals surface area contributed by atoms with E-state index in [-0.39, 0.29) is 0 Å². The minimum Gasteiger partial charge on any atom is -0.369 e. The lowest BCUT2D eigenvalue weighted by Gasteiger charge is -2.06. The molecule has 0 atom stereocenters. The topological polar surface area (TPSA) is 72.0 Å². The Morgan fingerprint density at radius 1 is 1.19 bits per heavy atom. The van der Waals surface area contributed by atoms with Crippen molar-refractivity contribution in [2.24, 2.45) is 0 Å². The molecule has 7 heteroatoms. The van der Waals surface area contributed by atoms with Crippen LogP contribution in [0.2, 0.25) is 0 Å². The van der Waals surface area contributed by atoms with E-state index in [2.05, 4.69) is 22.2 Å². The van der Waals surface area contributed by atoms with Gasteiger partial charge < -0.3 is 5.32 Å². The number of hydrogen-bond acceptors (Lipinski definition) is 6. The SMILES string of the molecule is CCCNc1cncc(Sc2ccc(S(C)(=O)=O)cc2)n1. The first kappa shape index (κ1) is 15.8. The number of aromatic nitrogens is 2. The van der Waals surface area contributed by atoms with Crippen molar-refractivity contribution in [2.45, 2.75) is 28.2 Å². The number of benzene rings is 1. The fraction of sp³-hybridized carbons (Fsp3) is 0.286. The van der Waals surface area contributed by atoms with Crippen LogP contribution >= 0.6 is 11.8 Å². The highest BCUT2D eigenvalue weighted by Crippen LogP contribution is 2.27. The van der Waals surface area contributed by atoms with E-state index < -0.39 is 9.84 Å². The molecule has 1 aromatic heterocycles. The maximum atomic E-state index is 11.4. The summed E-state index contributed by atoms with van der Waals surface area (Å²) in [5.74, 6) is 0.745. The summed E-state index contributed by atoms with van der Waals surface area (Å²) in [6.07, 6.45) is 5.59. The van der Waals surface area contributed by atoms with Gasteiger partial charge >= 0.3 is 0 Å². The maximum Gasteiger partial charge on any atom is 0.175 e. The molecule has 21 heavy (non-hydrogen) atoms. The van der Waals surface area contributed by atoms with Crippen molar-refractivity contribution >= 4 is 27.4 Å². The zero-order chi connectivity index (χ0) is 15.3. The Hall–Kier alpha value is -1.60. The van der Waals surface area contributed by atoms with Gasteiger partial charge in [-0.05, 0) is 30.7 Å². The van der Waals surface area contributed by atoms with Crippen molar-refractivity contribution in [3.05, 3.63) is 36.7 Å². The van der Waals surface area contributed by atoms with Gasteiger partial charge in [-0.15, -0.1) is 0 Å². The standard InChI is InChI=1S/C14H17N3O2S2/c1-3-8-16-13-9-15-10-14(17-13)20-11-4-6-12(7-5-11)21(2,18)19/h4-7,9-10H,3,8H2,1-2H3,(H,16,17). The second-order valence-corrected chi connectivity index (χ2v) is 7.62. The summed E-state index contributed by atoms with van der Waals surface area (Å²) in [7, 11) is -3.16. The molecule has 112 valence electrons. The molecule has 0 amide bonds. The fourth-order valence-corrected chi connectivity index (χ4v) is 3.01. The number of anilines is 1. The lowest BCUT2D eigenvalue weighted by Crippen LogP contribution is -2.02. The molecule has 0 spiro atoms. The third kappa shape index (κ3) is 4.71. The molecule has 0 saturated heterocycles. The monoisotopic (exact) mass is 323 g/mol. The Morgan fingerprint density at radius 3 is 2.52 bits per heavy atom. The molecular formula is C14H17N3O2S2. The van der Waals surface area contributed by atoms with Gasteiger partial charge in [0.15, 0.2) is 9.84 Å². The first-order valence-corrected chi connectivity index (χ1v) is 9.23. The van der Waals surface area contributed by atoms with Crippen molar-refractivity contribution < 1.29 is 8.42 Å². The molecule has 2 rings (SSSR count). The normalized spacial score (nSPS) is 11.3. The molecule has 2 aromatic rings. The molecule has 5 nitrogen and oxygen atoms in total. The highest BCUT2D eigenvalue weighted by atomic mass is 32.2. The summed E-state index contributed by atoms with van der Waals surface area (Å²) >= 11 is 1.45. The molecule has 1 heterocycles. The van der Waals surface area contributed by atoms with Crippen LogP contribution < -0.4 is 5.32 Å². The Balaban J connectivity index is 2.11. The molecule has 0 saturated carbocycles. The van der Waals surface area contributed by atoms with E-state index in [0.29, 0.717) is 4.90 Å². The third-order valence-corrected chi connectivity index (χ3v) is 4.69. The van der Waals surface area contributed by atoms with Crippen molar-refractivity contribution in [2.75, 3.05) is 18.1 Å². The van der Waals surface area contributed by atoms with Crippen LogP contribution in [-0.2, 0) is 9.84 Å². The van der Waals surface area contributed by atoms with Crippen LogP contribution in [-0.4, -0.2) is 31.2 Å². The van der Waals surface area contributed by atoms with Crippen LogP contribution in [0, 0.1) is 0 Å². The highest BCUT2D eigenvalue weighted by Gasteiger charge is 2.07. The van der Waals surface area contributed by atoms with E-state index in [1.807, 2.05) is 0 Å². The van der Waals surface area contributed by atoms with E-state index in [0.717, 1.165) is 28.7 Å². The second kappa shape index (κ2) is 6.91. The Labute approximate surface area is 129 Å². The summed E-state index contributed by atoms with van der Waals surface area (Å²) in [5, 5.41) is 3.95. The van der Waals surface area contributed by atoms with Crippen LogP contribution in [0.1, 0.15) is 13.3 Å². The van der Waals surface area contributed by atoms with Gasteiger partial charge in [-0.3, -0.25) is 4.98 Å². The van der Waals surface area contributed by atoms with Crippen molar-refractivity contribution in [1.82, 2.24) is 9.97 Å². The summed E-state index contributed by atoms with van der Waals surface area (Å²) in [4.78, 5) is 9.83. The molecule has 0 aliphatic carbocycles. The van der Waals surface area contributed by atoms with Gasteiger partial charge in [0.1, 0.15) is 10.8 Å². The summed E-state index contributed by atoms with van der Waals surface area (Å²) < 4.78 is 22.8. The molecular weight excluding hydrogens is 306 g/mol. The van der Waals surface area contributed by atoms with Crippen LogP contribution in [0.25, 0.3) is 0 Å². The quantitative estimate of drug-likeness (QED) is 0.881. The van der Waals surface area contributed by atoms with Crippen LogP contribution in [0.3, 0.4) is 0 Å². The number of rotatable bonds is 6. The Kier molecular flexibility index (Phi) is 5.19. The van der Waals surface area contributed by atoms with Gasteiger partial charge in [-0.1, -0.05) is 18.7 Å². The summed E-state index contributed by atoms with van der Waals surface area (Å²) in [6.45, 7) is 2.94. The van der Waals surface area contributed by atoms with Gasteiger partial charge in [-0.2, -0.15) is 0 Å². The van der Waals surface area contributed by atoms with E-state index in [1.165, 1.54) is 18.0 Å². The Morgan fingerprint density at radius 2 is 1.90 bits per heavy atom. The van der Waals surface area contributed by atoms with Crippen LogP contribution in [0.15, 0.2) is 51.5 Å². The van der Waals surface area contributed by atoms with E-state index in [4.69, 9.17) is 0 Å². The van der Waals surface area contributed by atoms with E-state index in [1.54, 1.807) is 36.7 Å². The van der Waals surface area contributed by atoms with Crippen LogP contribution in [0.4, 0.5) is 5.82 Å². The number of sulfone groups is 1. The molecule has 1 N–H and O–H groups in total. The number of nitrogens with one attached hydrogen (secondary N) is 1. The second-order valence-electron chi connectivity index (χ2n) is 4.51. The van der Waals surface area contributed by atoms with Gasteiger partial charge in [0, 0.05) is 17.7 Å². The molecule has 0 aliphatic heterocycles. The number of hydrogen-bond donors (Lipinski definition) is 1. The average molecular weight is 323 g/mol. The molecule has 1 aromatic carbocycles. The number of nitrogens with zero attached hydrogens (tertiary/aromatic N) is 2. The van der Waals surface area contributed by atoms with Crippen molar-refractivity contribution in [3.8, 4) is 0 Å². The van der Waals surface area contributed by atoms with E-state index in [9.17, 15) is 8.42 Å². The van der Waals surface area contributed by atoms with Gasteiger partial charge in [-0.25, -0.2) is 13.4 Å². The van der Waals surface area contributed by atoms with Gasteiger partial charge in [0.05, 0.1) is 17.3 Å². The van der Waals surface area contributed by atoms with E-state index >= 15 is 0 Å². The lowest BCUT2D eigenvalue weighted by atomic mass is 10.4. The predicted octanol–water partition coefficient (Wildman–Crippen LogP) is 2.85. The highest BCUT2D eigenvalue weighted by molar-refractivity contribution is 7.99. The Bertz CT molecular complexity index is 700. The summed E-state index contributed by atoms with van der Waals surface area (Å²) in [6, 6.07) is 6.75. The zero-order valence-electron chi connectivity index (χ0n) is 11.9. The van der Waals surface area contributed by atoms with Crippen LogP contribution in [0.5, 0.6) is 0 Å².